The summed E-state index contributed by atoms with van der Waals surface area (Å²) in [6, 6.07) is 3.57. The van der Waals surface area contributed by atoms with Crippen LogP contribution in [0.5, 0.6) is 11.6 Å². The Morgan fingerprint density at radius 3 is 2.72 bits per heavy atom. The molecule has 4 rings (SSSR count). The van der Waals surface area contributed by atoms with E-state index in [9.17, 15) is 4.79 Å². The first-order chi connectivity index (χ1) is 15.5. The number of fused-ring (bicyclic) bond motifs is 1. The third-order valence-electron chi connectivity index (χ3n) is 5.13. The smallest absolute Gasteiger partial charge is 0.256 e. The van der Waals surface area contributed by atoms with Gasteiger partial charge in [-0.2, -0.15) is 5.10 Å². The largest absolute Gasteiger partial charge is 0.491 e. The topological polar surface area (TPSA) is 107 Å². The van der Waals surface area contributed by atoms with Crippen molar-refractivity contribution in [1.29, 1.82) is 0 Å². The molecule has 0 aliphatic carbocycles. The summed E-state index contributed by atoms with van der Waals surface area (Å²) in [7, 11) is 4.95. The zero-order valence-corrected chi connectivity index (χ0v) is 18.3. The molecule has 4 heterocycles. The SMILES string of the molecule is COc1cc(C(C)NC(=O)/C=C/c2c[nH]c3ncc(-c4cnn(C)c4)cc23)cnc1OC. The molecule has 0 fully saturated rings. The molecule has 0 radical (unpaired) electrons. The Bertz CT molecular complexity index is 1290. The van der Waals surface area contributed by atoms with Crippen LogP contribution in [0.3, 0.4) is 0 Å². The van der Waals surface area contributed by atoms with Gasteiger partial charge in [-0.15, -0.1) is 0 Å². The van der Waals surface area contributed by atoms with Crippen LogP contribution in [0.15, 0.2) is 49.2 Å². The summed E-state index contributed by atoms with van der Waals surface area (Å²) in [6.45, 7) is 1.88. The Hall–Kier alpha value is -4.14. The molecule has 4 aromatic heterocycles. The predicted molar refractivity (Wildman–Crippen MR) is 121 cm³/mol. The third kappa shape index (κ3) is 4.31. The standard InChI is InChI=1S/C23H24N6O3/c1-14(16-8-20(31-3)23(32-4)26-10-16)28-21(30)6-5-15-9-24-22-19(15)7-17(11-25-22)18-12-27-29(2)13-18/h5-14H,1-4H3,(H,24,25)(H,28,30)/b6-5+. The van der Waals surface area contributed by atoms with Gasteiger partial charge in [-0.1, -0.05) is 0 Å². The number of amides is 1. The van der Waals surface area contributed by atoms with Crippen LogP contribution >= 0.6 is 0 Å². The van der Waals surface area contributed by atoms with E-state index in [0.717, 1.165) is 33.3 Å². The Morgan fingerprint density at radius 1 is 1.16 bits per heavy atom. The van der Waals surface area contributed by atoms with E-state index >= 15 is 0 Å². The number of methoxy groups -OCH3 is 2. The third-order valence-corrected chi connectivity index (χ3v) is 5.13. The summed E-state index contributed by atoms with van der Waals surface area (Å²) in [5.74, 6) is 0.684. The van der Waals surface area contributed by atoms with Crippen molar-refractivity contribution in [1.82, 2.24) is 30.0 Å². The van der Waals surface area contributed by atoms with Gasteiger partial charge in [0, 0.05) is 60.0 Å². The van der Waals surface area contributed by atoms with Gasteiger partial charge in [-0.3, -0.25) is 9.48 Å². The summed E-state index contributed by atoms with van der Waals surface area (Å²) in [4.78, 5) is 24.3. The minimum atomic E-state index is -0.263. The molecule has 0 saturated carbocycles. The average molecular weight is 432 g/mol. The second-order valence-corrected chi connectivity index (χ2v) is 7.31. The van der Waals surface area contributed by atoms with Gasteiger partial charge < -0.3 is 19.8 Å². The molecular formula is C23H24N6O3. The number of carbonyl (C=O) groups excluding carboxylic acids is 1. The maximum Gasteiger partial charge on any atom is 0.256 e. The number of rotatable bonds is 7. The minimum Gasteiger partial charge on any atom is -0.491 e. The van der Waals surface area contributed by atoms with Gasteiger partial charge in [0.05, 0.1) is 26.5 Å². The van der Waals surface area contributed by atoms with Crippen LogP contribution in [0.2, 0.25) is 0 Å². The molecule has 1 atom stereocenters. The highest BCUT2D eigenvalue weighted by Gasteiger charge is 2.13. The number of aryl methyl sites for hydroxylation is 1. The number of nitrogens with zero attached hydrogens (tertiary/aromatic N) is 4. The minimum absolute atomic E-state index is 0.224. The van der Waals surface area contributed by atoms with Crippen LogP contribution in [0.4, 0.5) is 0 Å². The molecule has 0 bridgehead atoms. The van der Waals surface area contributed by atoms with Crippen molar-refractivity contribution in [2.75, 3.05) is 14.2 Å². The number of aromatic amines is 1. The zero-order valence-electron chi connectivity index (χ0n) is 18.3. The van der Waals surface area contributed by atoms with Gasteiger partial charge in [0.15, 0.2) is 5.75 Å². The molecule has 164 valence electrons. The first-order valence-corrected chi connectivity index (χ1v) is 10.0. The molecule has 2 N–H and O–H groups in total. The lowest BCUT2D eigenvalue weighted by Crippen LogP contribution is -2.24. The highest BCUT2D eigenvalue weighted by molar-refractivity contribution is 5.96. The number of H-pyrrole nitrogens is 1. The second kappa shape index (κ2) is 8.93. The lowest BCUT2D eigenvalue weighted by Gasteiger charge is -2.14. The van der Waals surface area contributed by atoms with Crippen LogP contribution in [0.1, 0.15) is 24.1 Å². The molecule has 0 aliphatic rings. The quantitative estimate of drug-likeness (QED) is 0.434. The van der Waals surface area contributed by atoms with E-state index in [2.05, 4.69) is 25.4 Å². The number of carbonyl (C=O) groups is 1. The van der Waals surface area contributed by atoms with Crippen molar-refractivity contribution in [3.05, 3.63) is 60.3 Å². The molecule has 32 heavy (non-hydrogen) atoms. The number of pyridine rings is 2. The molecular weight excluding hydrogens is 408 g/mol. The van der Waals surface area contributed by atoms with Crippen LogP contribution in [0, 0.1) is 0 Å². The first-order valence-electron chi connectivity index (χ1n) is 10.0. The summed E-state index contributed by atoms with van der Waals surface area (Å²) in [5.41, 5.74) is 4.37. The summed E-state index contributed by atoms with van der Waals surface area (Å²) < 4.78 is 12.2. The van der Waals surface area contributed by atoms with E-state index in [1.54, 1.807) is 42.5 Å². The predicted octanol–water partition coefficient (Wildman–Crippen LogP) is 3.27. The van der Waals surface area contributed by atoms with E-state index in [1.165, 1.54) is 13.2 Å². The molecule has 4 aromatic rings. The Labute approximate surface area is 185 Å². The van der Waals surface area contributed by atoms with E-state index in [-0.39, 0.29) is 11.9 Å². The molecule has 0 saturated heterocycles. The van der Waals surface area contributed by atoms with Gasteiger partial charge in [0.1, 0.15) is 5.65 Å². The Kier molecular flexibility index (Phi) is 5.89. The Balaban J connectivity index is 1.49. The van der Waals surface area contributed by atoms with Gasteiger partial charge >= 0.3 is 0 Å². The lowest BCUT2D eigenvalue weighted by molar-refractivity contribution is -0.117. The van der Waals surface area contributed by atoms with Crippen LogP contribution in [-0.2, 0) is 11.8 Å². The maximum absolute atomic E-state index is 12.5. The number of ether oxygens (including phenoxy) is 2. The summed E-state index contributed by atoms with van der Waals surface area (Å²) >= 11 is 0. The van der Waals surface area contributed by atoms with Gasteiger partial charge in [0.2, 0.25) is 5.91 Å². The first kappa shape index (κ1) is 21.1. The second-order valence-electron chi connectivity index (χ2n) is 7.31. The lowest BCUT2D eigenvalue weighted by atomic mass is 10.1. The van der Waals surface area contributed by atoms with E-state index in [1.807, 2.05) is 32.4 Å². The summed E-state index contributed by atoms with van der Waals surface area (Å²) in [5, 5.41) is 8.07. The van der Waals surface area contributed by atoms with Crippen molar-refractivity contribution >= 4 is 23.0 Å². The molecule has 0 spiro atoms. The van der Waals surface area contributed by atoms with Gasteiger partial charge in [0.25, 0.3) is 5.88 Å². The fraction of sp³-hybridized carbons (Fsp3) is 0.217. The van der Waals surface area contributed by atoms with Crippen molar-refractivity contribution in [3.63, 3.8) is 0 Å². The number of hydrogen-bond donors (Lipinski definition) is 2. The fourth-order valence-corrected chi connectivity index (χ4v) is 3.38. The Morgan fingerprint density at radius 2 is 2.00 bits per heavy atom. The zero-order chi connectivity index (χ0) is 22.7. The number of hydrogen-bond acceptors (Lipinski definition) is 6. The number of aromatic nitrogens is 5. The van der Waals surface area contributed by atoms with Gasteiger partial charge in [-0.05, 0) is 30.7 Å². The highest BCUT2D eigenvalue weighted by Crippen LogP contribution is 2.27. The molecule has 9 nitrogen and oxygen atoms in total. The molecule has 9 heteroatoms. The van der Waals surface area contributed by atoms with Gasteiger partial charge in [-0.25, -0.2) is 9.97 Å². The highest BCUT2D eigenvalue weighted by atomic mass is 16.5. The monoisotopic (exact) mass is 432 g/mol. The average Bonchev–Trinajstić information content (AvgIpc) is 3.42. The van der Waals surface area contributed by atoms with Crippen molar-refractivity contribution in [2.24, 2.45) is 7.05 Å². The van der Waals surface area contributed by atoms with E-state index < -0.39 is 0 Å². The number of nitrogens with one attached hydrogen (secondary N) is 2. The van der Waals surface area contributed by atoms with Crippen LogP contribution in [-0.4, -0.2) is 44.9 Å². The molecule has 1 unspecified atom stereocenters. The molecule has 0 aromatic carbocycles. The van der Waals surface area contributed by atoms with E-state index in [0.29, 0.717) is 11.6 Å². The maximum atomic E-state index is 12.5. The normalized spacial score (nSPS) is 12.2. The van der Waals surface area contributed by atoms with Crippen LogP contribution in [0.25, 0.3) is 28.2 Å². The van der Waals surface area contributed by atoms with Crippen molar-refractivity contribution in [3.8, 4) is 22.8 Å². The van der Waals surface area contributed by atoms with Crippen molar-refractivity contribution in [2.45, 2.75) is 13.0 Å². The van der Waals surface area contributed by atoms with Crippen molar-refractivity contribution < 1.29 is 14.3 Å². The van der Waals surface area contributed by atoms with E-state index in [4.69, 9.17) is 9.47 Å². The molecule has 0 aliphatic heterocycles. The molecule has 1 amide bonds. The van der Waals surface area contributed by atoms with Crippen LogP contribution < -0.4 is 14.8 Å². The summed E-state index contributed by atoms with van der Waals surface area (Å²) in [6.07, 6.45) is 12.3. The fourth-order valence-electron chi connectivity index (χ4n) is 3.38.